The molecule has 3 heterocycles. The van der Waals surface area contributed by atoms with Gasteiger partial charge < -0.3 is 4.74 Å². The van der Waals surface area contributed by atoms with E-state index in [9.17, 15) is 19.7 Å². The van der Waals surface area contributed by atoms with Crippen LogP contribution in [-0.2, 0) is 9.53 Å². The summed E-state index contributed by atoms with van der Waals surface area (Å²) in [5.74, 6) is -0.519. The van der Waals surface area contributed by atoms with Crippen molar-refractivity contribution >= 4 is 50.5 Å². The Morgan fingerprint density at radius 1 is 1.17 bits per heavy atom. The third kappa shape index (κ3) is 4.00. The number of esters is 1. The van der Waals surface area contributed by atoms with Gasteiger partial charge in [-0.1, -0.05) is 65.1 Å². The van der Waals surface area contributed by atoms with E-state index >= 15 is 0 Å². The quantitative estimate of drug-likeness (QED) is 0.232. The topological polar surface area (TPSA) is 104 Å². The third-order valence-corrected chi connectivity index (χ3v) is 7.67. The van der Waals surface area contributed by atoms with Gasteiger partial charge in [-0.05, 0) is 42.3 Å². The van der Waals surface area contributed by atoms with Gasteiger partial charge >= 0.3 is 11.0 Å². The van der Waals surface area contributed by atoms with Crippen LogP contribution in [0.3, 0.4) is 0 Å². The van der Waals surface area contributed by atoms with Gasteiger partial charge in [0.1, 0.15) is 0 Å². The first-order valence-corrected chi connectivity index (χ1v) is 12.4. The summed E-state index contributed by atoms with van der Waals surface area (Å²) in [5, 5.41) is 13.0. The van der Waals surface area contributed by atoms with Crippen LogP contribution in [0.1, 0.15) is 30.3 Å². The summed E-state index contributed by atoms with van der Waals surface area (Å²) >= 11 is 2.18. The van der Waals surface area contributed by atoms with Crippen LogP contribution in [-0.4, -0.2) is 22.1 Å². The summed E-state index contributed by atoms with van der Waals surface area (Å²) in [4.78, 5) is 43.0. The molecule has 2 aromatic heterocycles. The molecule has 0 bridgehead atoms. The zero-order valence-corrected chi connectivity index (χ0v) is 20.4. The van der Waals surface area contributed by atoms with E-state index in [4.69, 9.17) is 4.74 Å². The van der Waals surface area contributed by atoms with Crippen LogP contribution in [0.15, 0.2) is 75.7 Å². The van der Waals surface area contributed by atoms with Crippen LogP contribution >= 0.6 is 22.7 Å². The predicted molar refractivity (Wildman–Crippen MR) is 135 cm³/mol. The molecule has 5 rings (SSSR count). The smallest absolute Gasteiger partial charge is 0.338 e. The Bertz CT molecular complexity index is 1710. The first-order valence-electron chi connectivity index (χ1n) is 10.8. The lowest BCUT2D eigenvalue weighted by Crippen LogP contribution is -2.40. The molecule has 0 radical (unpaired) electrons. The molecule has 4 aromatic rings. The number of thiophene rings is 1. The third-order valence-electron chi connectivity index (χ3n) is 5.70. The summed E-state index contributed by atoms with van der Waals surface area (Å²) < 4.78 is 7.27. The van der Waals surface area contributed by atoms with Gasteiger partial charge in [0.05, 0.1) is 33.4 Å². The maximum atomic E-state index is 13.7. The molecule has 1 aliphatic heterocycles. The molecule has 0 aliphatic carbocycles. The van der Waals surface area contributed by atoms with Crippen LogP contribution in [0.4, 0.5) is 5.00 Å². The Kier molecular flexibility index (Phi) is 5.91. The van der Waals surface area contributed by atoms with Crippen LogP contribution in [0.5, 0.6) is 0 Å². The molecule has 1 aliphatic rings. The van der Waals surface area contributed by atoms with E-state index in [1.807, 2.05) is 42.5 Å². The highest BCUT2D eigenvalue weighted by atomic mass is 32.1. The number of carbonyl (C=O) groups excluding carboxylic acids is 1. The molecule has 0 N–H and O–H groups in total. The number of rotatable bonds is 5. The summed E-state index contributed by atoms with van der Waals surface area (Å²) in [7, 11) is 0. The van der Waals surface area contributed by atoms with Crippen LogP contribution in [0.25, 0.3) is 16.8 Å². The van der Waals surface area contributed by atoms with Crippen molar-refractivity contribution in [1.29, 1.82) is 0 Å². The van der Waals surface area contributed by atoms with Crippen LogP contribution in [0, 0.1) is 10.1 Å². The number of hydrogen-bond acceptors (Lipinski definition) is 8. The van der Waals surface area contributed by atoms with E-state index in [0.29, 0.717) is 25.5 Å². The lowest BCUT2D eigenvalue weighted by atomic mass is 9.91. The number of carbonyl (C=O) groups is 1. The highest BCUT2D eigenvalue weighted by Gasteiger charge is 2.34. The lowest BCUT2D eigenvalue weighted by Gasteiger charge is -2.25. The number of allylic oxidation sites excluding steroid dienone is 1. The number of nitro groups is 1. The molecule has 0 saturated carbocycles. The van der Waals surface area contributed by atoms with Gasteiger partial charge in [0.15, 0.2) is 4.80 Å². The van der Waals surface area contributed by atoms with Crippen molar-refractivity contribution in [3.05, 3.63) is 106 Å². The maximum absolute atomic E-state index is 13.7. The zero-order chi connectivity index (χ0) is 24.7. The first kappa shape index (κ1) is 22.9. The van der Waals surface area contributed by atoms with E-state index in [1.54, 1.807) is 26.0 Å². The van der Waals surface area contributed by atoms with Crippen molar-refractivity contribution in [2.75, 3.05) is 6.61 Å². The van der Waals surface area contributed by atoms with Crippen molar-refractivity contribution in [3.8, 4) is 0 Å². The number of ether oxygens (including phenoxy) is 1. The van der Waals surface area contributed by atoms with Crippen molar-refractivity contribution in [3.63, 3.8) is 0 Å². The van der Waals surface area contributed by atoms with Gasteiger partial charge in [-0.15, -0.1) is 0 Å². The number of benzene rings is 2. The fraction of sp³-hybridized carbons (Fsp3) is 0.160. The second-order valence-electron chi connectivity index (χ2n) is 7.80. The summed E-state index contributed by atoms with van der Waals surface area (Å²) in [6.07, 6.45) is 1.63. The zero-order valence-electron chi connectivity index (χ0n) is 18.8. The van der Waals surface area contributed by atoms with E-state index in [2.05, 4.69) is 4.99 Å². The SMILES string of the molecule is CCOC(=O)C1=C(C)N=c2s/c(=C/c3ccc([N+](=O)[O-])s3)c(=O)n2[C@H]1c1cccc2ccccc12. The molecule has 176 valence electrons. The molecule has 0 saturated heterocycles. The Morgan fingerprint density at radius 3 is 2.69 bits per heavy atom. The Morgan fingerprint density at radius 2 is 1.94 bits per heavy atom. The molecule has 0 amide bonds. The van der Waals surface area contributed by atoms with Gasteiger partial charge in [0, 0.05) is 10.9 Å². The Labute approximate surface area is 206 Å². The molecule has 0 fully saturated rings. The molecule has 8 nitrogen and oxygen atoms in total. The maximum Gasteiger partial charge on any atom is 0.338 e. The van der Waals surface area contributed by atoms with Gasteiger partial charge in [-0.2, -0.15) is 0 Å². The molecule has 10 heteroatoms. The summed E-state index contributed by atoms with van der Waals surface area (Å²) in [5.41, 5.74) is 1.27. The van der Waals surface area contributed by atoms with E-state index in [1.165, 1.54) is 22.0 Å². The number of aromatic nitrogens is 1. The lowest BCUT2D eigenvalue weighted by molar-refractivity contribution is -0.380. The van der Waals surface area contributed by atoms with Crippen LogP contribution in [0.2, 0.25) is 0 Å². The number of nitrogens with zero attached hydrogens (tertiary/aromatic N) is 3. The van der Waals surface area contributed by atoms with Crippen LogP contribution < -0.4 is 14.9 Å². The number of hydrogen-bond donors (Lipinski definition) is 0. The second kappa shape index (κ2) is 9.05. The molecule has 1 atom stereocenters. The normalized spacial score (nSPS) is 15.7. The number of fused-ring (bicyclic) bond motifs is 2. The fourth-order valence-corrected chi connectivity index (χ4v) is 6.10. The molecule has 35 heavy (non-hydrogen) atoms. The Balaban J connectivity index is 1.78. The average Bonchev–Trinajstić information content (AvgIpc) is 3.43. The van der Waals surface area contributed by atoms with Gasteiger partial charge in [0.2, 0.25) is 0 Å². The minimum Gasteiger partial charge on any atom is -0.463 e. The highest BCUT2D eigenvalue weighted by Crippen LogP contribution is 2.34. The molecule has 0 unspecified atom stereocenters. The monoisotopic (exact) mass is 505 g/mol. The summed E-state index contributed by atoms with van der Waals surface area (Å²) in [6, 6.07) is 15.9. The minimum atomic E-state index is -0.726. The Hall–Kier alpha value is -3.89. The van der Waals surface area contributed by atoms with Crippen molar-refractivity contribution < 1.29 is 14.5 Å². The minimum absolute atomic E-state index is 0.00176. The second-order valence-corrected chi connectivity index (χ2v) is 9.91. The van der Waals surface area contributed by atoms with Gasteiger partial charge in [-0.3, -0.25) is 19.5 Å². The van der Waals surface area contributed by atoms with E-state index in [0.717, 1.165) is 27.7 Å². The average molecular weight is 506 g/mol. The van der Waals surface area contributed by atoms with Gasteiger partial charge in [0.25, 0.3) is 5.56 Å². The summed E-state index contributed by atoms with van der Waals surface area (Å²) in [6.45, 7) is 3.67. The van der Waals surface area contributed by atoms with Gasteiger partial charge in [-0.25, -0.2) is 9.79 Å². The largest absolute Gasteiger partial charge is 0.463 e. The van der Waals surface area contributed by atoms with Crippen molar-refractivity contribution in [2.45, 2.75) is 19.9 Å². The first-order chi connectivity index (χ1) is 16.9. The highest BCUT2D eigenvalue weighted by molar-refractivity contribution is 7.16. The molecular weight excluding hydrogens is 486 g/mol. The van der Waals surface area contributed by atoms with E-state index in [-0.39, 0.29) is 17.2 Å². The molecule has 2 aromatic carbocycles. The van der Waals surface area contributed by atoms with Crippen molar-refractivity contribution in [1.82, 2.24) is 4.57 Å². The predicted octanol–water partition coefficient (Wildman–Crippen LogP) is 3.92. The molecular formula is C25H19N3O5S2. The fourth-order valence-electron chi connectivity index (χ4n) is 4.22. The number of thiazole rings is 1. The molecule has 0 spiro atoms. The standard InChI is InChI=1S/C25H19N3O5S2/c1-3-33-24(30)21-14(2)26-25-27(22(21)18-10-6-8-15-7-4-5-9-17(15)18)23(29)19(35-25)13-16-11-12-20(34-16)28(31)32/h4-13,22H,3H2,1-2H3/b19-13+/t22-/m0/s1. The van der Waals surface area contributed by atoms with E-state index < -0.39 is 16.9 Å². The van der Waals surface area contributed by atoms with Crippen molar-refractivity contribution in [2.24, 2.45) is 4.99 Å².